The fourth-order valence-corrected chi connectivity index (χ4v) is 6.86. The van der Waals surface area contributed by atoms with Gasteiger partial charge in [-0.1, -0.05) is 36.4 Å². The van der Waals surface area contributed by atoms with Gasteiger partial charge in [-0.15, -0.1) is 11.3 Å². The second-order valence-electron chi connectivity index (χ2n) is 10.1. The maximum atomic E-state index is 12.1. The predicted molar refractivity (Wildman–Crippen MR) is 153 cm³/mol. The Labute approximate surface area is 234 Å². The van der Waals surface area contributed by atoms with Gasteiger partial charge in [0.1, 0.15) is 22.5 Å². The van der Waals surface area contributed by atoms with Crippen LogP contribution in [0.3, 0.4) is 0 Å². The van der Waals surface area contributed by atoms with Gasteiger partial charge in [-0.25, -0.2) is 9.97 Å². The third-order valence-corrected chi connectivity index (χ3v) is 9.10. The summed E-state index contributed by atoms with van der Waals surface area (Å²) in [5, 5.41) is 21.2. The summed E-state index contributed by atoms with van der Waals surface area (Å²) in [4.78, 5) is 31.2. The molecule has 0 aliphatic carbocycles. The molecule has 3 aromatic heterocycles. The van der Waals surface area contributed by atoms with E-state index in [9.17, 15) is 15.2 Å². The van der Waals surface area contributed by atoms with Crippen LogP contribution in [-0.4, -0.2) is 57.0 Å². The highest BCUT2D eigenvalue weighted by Gasteiger charge is 2.49. The molecule has 2 fully saturated rings. The van der Waals surface area contributed by atoms with Crippen LogP contribution in [0.5, 0.6) is 0 Å². The van der Waals surface area contributed by atoms with Gasteiger partial charge in [0.2, 0.25) is 5.91 Å². The smallest absolute Gasteiger partial charge is 0.245 e. The molecule has 10 heteroatoms. The van der Waals surface area contributed by atoms with E-state index >= 15 is 0 Å². The predicted octanol–water partition coefficient (Wildman–Crippen LogP) is 4.97. The number of rotatable bonds is 5. The number of aliphatic hydroxyl groups excluding tert-OH is 1. The minimum Gasteiger partial charge on any atom is -0.389 e. The van der Waals surface area contributed by atoms with Crippen molar-refractivity contribution < 1.29 is 9.90 Å². The first kappa shape index (κ1) is 25.4. The van der Waals surface area contributed by atoms with Gasteiger partial charge in [-0.05, 0) is 31.6 Å². The van der Waals surface area contributed by atoms with Gasteiger partial charge in [0.05, 0.1) is 28.2 Å². The van der Waals surface area contributed by atoms with Gasteiger partial charge < -0.3 is 14.9 Å². The fourth-order valence-electron chi connectivity index (χ4n) is 5.73. The van der Waals surface area contributed by atoms with Crippen molar-refractivity contribution in [1.29, 1.82) is 5.26 Å². The summed E-state index contributed by atoms with van der Waals surface area (Å²) in [5.74, 6) is 0.546. The Kier molecular flexibility index (Phi) is 6.34. The number of fused-ring (bicyclic) bond motifs is 1. The molecule has 5 heterocycles. The Morgan fingerprint density at radius 2 is 2.10 bits per heavy atom. The third-order valence-electron chi connectivity index (χ3n) is 7.57. The average Bonchev–Trinajstić information content (AvgIpc) is 3.55. The molecule has 1 N–H and O–H groups in total. The minimum absolute atomic E-state index is 0.0207. The van der Waals surface area contributed by atoms with Gasteiger partial charge in [0.25, 0.3) is 0 Å². The summed E-state index contributed by atoms with van der Waals surface area (Å²) in [7, 11) is 0. The SMILES string of the molecule is C=CC(=O)N1CC2(CCN(c3nc4cc(-c5sc(CO)nc5C)cnc4c(-c4ccccc4Cl)c3C#N)C2)C1. The number of aryl methyl sites for hydroxylation is 1. The average molecular weight is 557 g/mol. The maximum absolute atomic E-state index is 12.1. The first-order valence-corrected chi connectivity index (χ1v) is 13.8. The van der Waals surface area contributed by atoms with Gasteiger partial charge >= 0.3 is 0 Å². The number of carbonyl (C=O) groups is 1. The number of hydrogen-bond donors (Lipinski definition) is 1. The number of halogens is 1. The second kappa shape index (κ2) is 9.72. The summed E-state index contributed by atoms with van der Waals surface area (Å²) in [6.45, 7) is 8.15. The molecule has 2 aliphatic rings. The number of hydrogen-bond acceptors (Lipinski definition) is 8. The first-order chi connectivity index (χ1) is 18.9. The zero-order chi connectivity index (χ0) is 27.3. The standard InChI is InChI=1S/C29H25ClN6O2S/c1-3-24(38)36-15-29(16-36)8-9-35(14-29)28-20(11-31)25(19-6-4-5-7-21(19)30)26-22(34-28)10-18(12-32-26)27-17(2)33-23(13-37)39-27/h3-7,10,12,37H,1,8-9,13-16H2,2H3. The van der Waals surface area contributed by atoms with Crippen LogP contribution < -0.4 is 4.90 Å². The van der Waals surface area contributed by atoms with E-state index in [0.717, 1.165) is 34.7 Å². The molecular formula is C29H25ClN6O2S. The first-order valence-electron chi connectivity index (χ1n) is 12.6. The number of nitriles is 1. The largest absolute Gasteiger partial charge is 0.389 e. The molecule has 196 valence electrons. The second-order valence-corrected chi connectivity index (χ2v) is 11.6. The van der Waals surface area contributed by atoms with Crippen LogP contribution in [-0.2, 0) is 11.4 Å². The molecule has 39 heavy (non-hydrogen) atoms. The van der Waals surface area contributed by atoms with Gasteiger partial charge in [0.15, 0.2) is 0 Å². The van der Waals surface area contributed by atoms with E-state index in [4.69, 9.17) is 21.6 Å². The van der Waals surface area contributed by atoms with Crippen molar-refractivity contribution in [1.82, 2.24) is 19.9 Å². The number of carbonyl (C=O) groups excluding carboxylic acids is 1. The summed E-state index contributed by atoms with van der Waals surface area (Å²) < 4.78 is 0. The van der Waals surface area contributed by atoms with Crippen LogP contribution in [0, 0.1) is 23.7 Å². The summed E-state index contributed by atoms with van der Waals surface area (Å²) >= 11 is 8.08. The van der Waals surface area contributed by atoms with Crippen LogP contribution in [0.15, 0.2) is 49.2 Å². The van der Waals surface area contributed by atoms with Crippen LogP contribution in [0.2, 0.25) is 5.02 Å². The van der Waals surface area contributed by atoms with Crippen LogP contribution in [0.1, 0.15) is 22.7 Å². The van der Waals surface area contributed by atoms with E-state index in [1.807, 2.05) is 31.2 Å². The van der Waals surface area contributed by atoms with Crippen LogP contribution in [0.25, 0.3) is 32.6 Å². The molecular weight excluding hydrogens is 532 g/mol. The number of aliphatic hydroxyl groups is 1. The maximum Gasteiger partial charge on any atom is 0.245 e. The van der Waals surface area contributed by atoms with Crippen molar-refractivity contribution in [3.63, 3.8) is 0 Å². The Hall–Kier alpha value is -3.84. The Bertz CT molecular complexity index is 1690. The molecule has 2 aliphatic heterocycles. The highest BCUT2D eigenvalue weighted by Crippen LogP contribution is 2.45. The molecule has 1 amide bonds. The molecule has 4 aromatic rings. The topological polar surface area (TPSA) is 106 Å². The number of anilines is 1. The lowest BCUT2D eigenvalue weighted by molar-refractivity contribution is -0.136. The van der Waals surface area contributed by atoms with E-state index < -0.39 is 0 Å². The zero-order valence-electron chi connectivity index (χ0n) is 21.3. The van der Waals surface area contributed by atoms with Gasteiger partial charge in [-0.3, -0.25) is 9.78 Å². The van der Waals surface area contributed by atoms with Crippen molar-refractivity contribution in [2.24, 2.45) is 5.41 Å². The number of amides is 1. The highest BCUT2D eigenvalue weighted by atomic mass is 35.5. The number of benzene rings is 1. The summed E-state index contributed by atoms with van der Waals surface area (Å²) in [6, 6.07) is 11.8. The molecule has 0 atom stereocenters. The Morgan fingerprint density at radius 3 is 2.79 bits per heavy atom. The van der Waals surface area contributed by atoms with E-state index in [2.05, 4.69) is 22.5 Å². The van der Waals surface area contributed by atoms with Crippen molar-refractivity contribution in [2.75, 3.05) is 31.1 Å². The highest BCUT2D eigenvalue weighted by molar-refractivity contribution is 7.15. The molecule has 2 saturated heterocycles. The van der Waals surface area contributed by atoms with Gasteiger partial charge in [-0.2, -0.15) is 5.26 Å². The molecule has 8 nitrogen and oxygen atoms in total. The molecule has 6 rings (SSSR count). The molecule has 1 aromatic carbocycles. The lowest BCUT2D eigenvalue weighted by Gasteiger charge is -2.47. The summed E-state index contributed by atoms with van der Waals surface area (Å²) in [5.41, 5.74) is 4.70. The van der Waals surface area contributed by atoms with E-state index in [-0.39, 0.29) is 17.9 Å². The number of nitrogens with zero attached hydrogens (tertiary/aromatic N) is 6. The fraction of sp³-hybridized carbons (Fsp3) is 0.276. The van der Waals surface area contributed by atoms with Crippen LogP contribution >= 0.6 is 22.9 Å². The molecule has 0 bridgehead atoms. The van der Waals surface area contributed by atoms with E-state index in [1.165, 1.54) is 17.4 Å². The van der Waals surface area contributed by atoms with Crippen molar-refractivity contribution >= 4 is 45.7 Å². The van der Waals surface area contributed by atoms with Crippen molar-refractivity contribution in [2.45, 2.75) is 20.0 Å². The van der Waals surface area contributed by atoms with Crippen LogP contribution in [0.4, 0.5) is 5.82 Å². The number of pyridine rings is 2. The number of likely N-dealkylation sites (tertiary alicyclic amines) is 1. The lowest BCUT2D eigenvalue weighted by Crippen LogP contribution is -2.59. The Balaban J connectivity index is 1.50. The van der Waals surface area contributed by atoms with E-state index in [1.54, 1.807) is 17.2 Å². The zero-order valence-corrected chi connectivity index (χ0v) is 22.9. The van der Waals surface area contributed by atoms with Crippen molar-refractivity contribution in [3.8, 4) is 27.6 Å². The Morgan fingerprint density at radius 1 is 1.31 bits per heavy atom. The quantitative estimate of drug-likeness (QED) is 0.346. The van der Waals surface area contributed by atoms with Gasteiger partial charge in [0, 0.05) is 59.5 Å². The lowest BCUT2D eigenvalue weighted by atomic mass is 9.79. The number of thiazole rings is 1. The summed E-state index contributed by atoms with van der Waals surface area (Å²) in [6.07, 6.45) is 4.02. The van der Waals surface area contributed by atoms with E-state index in [0.29, 0.717) is 57.6 Å². The molecule has 0 unspecified atom stereocenters. The van der Waals surface area contributed by atoms with Crippen molar-refractivity contribution in [3.05, 3.63) is 70.5 Å². The monoisotopic (exact) mass is 556 g/mol. The normalized spacial score (nSPS) is 15.9. The molecule has 1 spiro atoms. The number of aromatic nitrogens is 3. The minimum atomic E-state index is -0.121. The third kappa shape index (κ3) is 4.25. The molecule has 0 radical (unpaired) electrons. The molecule has 0 saturated carbocycles.